The first kappa shape index (κ1) is 15.3. The van der Waals surface area contributed by atoms with E-state index in [-0.39, 0.29) is 0 Å². The maximum Gasteiger partial charge on any atom is 0.0678 e. The van der Waals surface area contributed by atoms with E-state index in [1.807, 2.05) is 6.20 Å². The summed E-state index contributed by atoms with van der Waals surface area (Å²) >= 11 is 0. The minimum atomic E-state index is 0.758. The zero-order chi connectivity index (χ0) is 15.4. The number of aromatic nitrogens is 2. The van der Waals surface area contributed by atoms with Crippen molar-refractivity contribution in [3.8, 4) is 5.69 Å². The molecule has 1 aromatic heterocycles. The Kier molecular flexibility index (Phi) is 4.90. The van der Waals surface area contributed by atoms with Crippen molar-refractivity contribution in [1.82, 2.24) is 14.7 Å². The van der Waals surface area contributed by atoms with E-state index >= 15 is 0 Å². The third kappa shape index (κ3) is 3.39. The van der Waals surface area contributed by atoms with Crippen LogP contribution in [0.4, 0.5) is 0 Å². The van der Waals surface area contributed by atoms with E-state index in [9.17, 15) is 0 Å². The Hall–Kier alpha value is -1.65. The molecule has 1 aliphatic heterocycles. The van der Waals surface area contributed by atoms with E-state index in [0.29, 0.717) is 0 Å². The van der Waals surface area contributed by atoms with E-state index in [4.69, 9.17) is 5.73 Å². The van der Waals surface area contributed by atoms with Crippen LogP contribution in [0.1, 0.15) is 30.5 Å². The monoisotopic (exact) mass is 298 g/mol. The zero-order valence-corrected chi connectivity index (χ0v) is 13.4. The second-order valence-corrected chi connectivity index (χ2v) is 6.34. The van der Waals surface area contributed by atoms with E-state index in [2.05, 4.69) is 51.9 Å². The molecule has 1 aromatic carbocycles. The minimum Gasteiger partial charge on any atom is -0.330 e. The molecule has 22 heavy (non-hydrogen) atoms. The van der Waals surface area contributed by atoms with Gasteiger partial charge in [0.1, 0.15) is 0 Å². The second-order valence-electron chi connectivity index (χ2n) is 6.34. The molecule has 1 atom stereocenters. The number of piperidine rings is 1. The number of aryl methyl sites for hydroxylation is 1. The van der Waals surface area contributed by atoms with Crippen LogP contribution < -0.4 is 5.73 Å². The SMILES string of the molecule is Cc1ccccc1-n1nccc1CN1CCCC(CCN)C1. The normalized spacial score (nSPS) is 19.5. The summed E-state index contributed by atoms with van der Waals surface area (Å²) in [5.74, 6) is 0.758. The Balaban J connectivity index is 1.74. The van der Waals surface area contributed by atoms with Crippen LogP contribution in [-0.2, 0) is 6.54 Å². The first-order chi connectivity index (χ1) is 10.8. The number of hydrogen-bond acceptors (Lipinski definition) is 3. The first-order valence-corrected chi connectivity index (χ1v) is 8.29. The molecule has 2 heterocycles. The van der Waals surface area contributed by atoms with Crippen LogP contribution in [0.15, 0.2) is 36.5 Å². The standard InChI is InChI=1S/C18H26N4/c1-15-5-2-3-7-18(15)22-17(9-11-20-22)14-21-12-4-6-16(13-21)8-10-19/h2-3,5,7,9,11,16H,4,6,8,10,12-14,19H2,1H3. The predicted octanol–water partition coefficient (Wildman–Crippen LogP) is 2.74. The number of likely N-dealkylation sites (tertiary alicyclic amines) is 1. The van der Waals surface area contributed by atoms with Gasteiger partial charge in [0.2, 0.25) is 0 Å². The molecular formula is C18H26N4. The van der Waals surface area contributed by atoms with E-state index in [1.165, 1.54) is 36.3 Å². The number of rotatable bonds is 5. The number of para-hydroxylation sites is 1. The Bertz CT molecular complexity index is 603. The molecule has 1 unspecified atom stereocenters. The molecule has 1 aliphatic rings. The van der Waals surface area contributed by atoms with Gasteiger partial charge in [-0.3, -0.25) is 4.90 Å². The summed E-state index contributed by atoms with van der Waals surface area (Å²) in [6.07, 6.45) is 5.66. The molecule has 0 aliphatic carbocycles. The van der Waals surface area contributed by atoms with Crippen molar-refractivity contribution in [2.75, 3.05) is 19.6 Å². The lowest BCUT2D eigenvalue weighted by Gasteiger charge is -2.32. The molecule has 4 heteroatoms. The topological polar surface area (TPSA) is 47.1 Å². The molecule has 4 nitrogen and oxygen atoms in total. The van der Waals surface area contributed by atoms with Crippen molar-refractivity contribution >= 4 is 0 Å². The van der Waals surface area contributed by atoms with Gasteiger partial charge < -0.3 is 5.73 Å². The fourth-order valence-electron chi connectivity index (χ4n) is 3.46. The van der Waals surface area contributed by atoms with Gasteiger partial charge >= 0.3 is 0 Å². The second kappa shape index (κ2) is 7.07. The summed E-state index contributed by atoms with van der Waals surface area (Å²) in [5, 5.41) is 4.54. The Morgan fingerprint density at radius 1 is 1.27 bits per heavy atom. The van der Waals surface area contributed by atoms with Gasteiger partial charge in [-0.2, -0.15) is 5.10 Å². The van der Waals surface area contributed by atoms with Crippen LogP contribution in [0.2, 0.25) is 0 Å². The molecule has 0 bridgehead atoms. The van der Waals surface area contributed by atoms with Crippen molar-refractivity contribution in [1.29, 1.82) is 0 Å². The zero-order valence-electron chi connectivity index (χ0n) is 13.4. The van der Waals surface area contributed by atoms with Gasteiger partial charge in [-0.15, -0.1) is 0 Å². The highest BCUT2D eigenvalue weighted by Crippen LogP contribution is 2.22. The average molecular weight is 298 g/mol. The Morgan fingerprint density at radius 3 is 2.95 bits per heavy atom. The molecule has 2 aromatic rings. The van der Waals surface area contributed by atoms with Crippen molar-refractivity contribution < 1.29 is 0 Å². The van der Waals surface area contributed by atoms with Crippen LogP contribution in [0.3, 0.4) is 0 Å². The molecule has 1 saturated heterocycles. The number of benzene rings is 1. The molecular weight excluding hydrogens is 272 g/mol. The summed E-state index contributed by atoms with van der Waals surface area (Å²) in [4.78, 5) is 2.55. The highest BCUT2D eigenvalue weighted by Gasteiger charge is 2.20. The van der Waals surface area contributed by atoms with Crippen molar-refractivity contribution in [2.45, 2.75) is 32.7 Å². The highest BCUT2D eigenvalue weighted by atomic mass is 15.3. The van der Waals surface area contributed by atoms with Gasteiger partial charge in [-0.25, -0.2) is 4.68 Å². The fourth-order valence-corrected chi connectivity index (χ4v) is 3.46. The smallest absolute Gasteiger partial charge is 0.0678 e. The van der Waals surface area contributed by atoms with Gasteiger partial charge in [0.15, 0.2) is 0 Å². The number of nitrogens with zero attached hydrogens (tertiary/aromatic N) is 3. The predicted molar refractivity (Wildman–Crippen MR) is 90.0 cm³/mol. The van der Waals surface area contributed by atoms with E-state index < -0.39 is 0 Å². The van der Waals surface area contributed by atoms with Gasteiger partial charge in [0, 0.05) is 19.3 Å². The molecule has 0 spiro atoms. The molecule has 2 N–H and O–H groups in total. The molecule has 118 valence electrons. The third-order valence-electron chi connectivity index (χ3n) is 4.63. The Labute approximate surface area is 132 Å². The quantitative estimate of drug-likeness (QED) is 0.923. The lowest BCUT2D eigenvalue weighted by molar-refractivity contribution is 0.160. The molecule has 0 saturated carbocycles. The van der Waals surface area contributed by atoms with Crippen molar-refractivity contribution in [2.24, 2.45) is 11.7 Å². The summed E-state index contributed by atoms with van der Waals surface area (Å²) in [7, 11) is 0. The van der Waals surface area contributed by atoms with Crippen molar-refractivity contribution in [3.05, 3.63) is 47.8 Å². The maximum absolute atomic E-state index is 5.72. The Morgan fingerprint density at radius 2 is 2.14 bits per heavy atom. The summed E-state index contributed by atoms with van der Waals surface area (Å²) in [6.45, 7) is 6.25. The minimum absolute atomic E-state index is 0.758. The van der Waals surface area contributed by atoms with Crippen LogP contribution in [0, 0.1) is 12.8 Å². The molecule has 0 radical (unpaired) electrons. The highest BCUT2D eigenvalue weighted by molar-refractivity contribution is 5.40. The fraction of sp³-hybridized carbons (Fsp3) is 0.500. The maximum atomic E-state index is 5.72. The van der Waals surface area contributed by atoms with Crippen LogP contribution in [0.25, 0.3) is 5.69 Å². The third-order valence-corrected chi connectivity index (χ3v) is 4.63. The first-order valence-electron chi connectivity index (χ1n) is 8.29. The van der Waals surface area contributed by atoms with E-state index in [0.717, 1.165) is 32.0 Å². The number of nitrogens with two attached hydrogens (primary N) is 1. The van der Waals surface area contributed by atoms with Crippen molar-refractivity contribution in [3.63, 3.8) is 0 Å². The van der Waals surface area contributed by atoms with Gasteiger partial charge in [-0.05, 0) is 62.9 Å². The lowest BCUT2D eigenvalue weighted by Crippen LogP contribution is -2.36. The average Bonchev–Trinajstić information content (AvgIpc) is 2.96. The van der Waals surface area contributed by atoms with Gasteiger partial charge in [0.05, 0.1) is 11.4 Å². The summed E-state index contributed by atoms with van der Waals surface area (Å²) in [6, 6.07) is 10.6. The summed E-state index contributed by atoms with van der Waals surface area (Å²) in [5.41, 5.74) is 9.43. The summed E-state index contributed by atoms with van der Waals surface area (Å²) < 4.78 is 2.09. The molecule has 1 fully saturated rings. The van der Waals surface area contributed by atoms with Gasteiger partial charge in [0.25, 0.3) is 0 Å². The van der Waals surface area contributed by atoms with Crippen LogP contribution >= 0.6 is 0 Å². The lowest BCUT2D eigenvalue weighted by atomic mass is 9.95. The number of hydrogen-bond donors (Lipinski definition) is 1. The van der Waals surface area contributed by atoms with Crippen LogP contribution in [0.5, 0.6) is 0 Å². The van der Waals surface area contributed by atoms with Gasteiger partial charge in [-0.1, -0.05) is 18.2 Å². The molecule has 0 amide bonds. The largest absolute Gasteiger partial charge is 0.330 e. The van der Waals surface area contributed by atoms with E-state index in [1.54, 1.807) is 0 Å². The molecule has 3 rings (SSSR count). The van der Waals surface area contributed by atoms with Crippen LogP contribution in [-0.4, -0.2) is 34.3 Å².